The summed E-state index contributed by atoms with van der Waals surface area (Å²) in [6.07, 6.45) is 3.26. The average Bonchev–Trinajstić information content (AvgIpc) is 3.23. The molecule has 0 aromatic heterocycles. The molecule has 1 N–H and O–H groups in total. The van der Waals surface area contributed by atoms with Crippen LogP contribution in [0.15, 0.2) is 24.3 Å². The molecule has 2 aliphatic heterocycles. The first-order valence-corrected chi connectivity index (χ1v) is 14.9. The number of likely N-dealkylation sites (N-methyl/N-ethyl adjacent to an activating group) is 1. The van der Waals surface area contributed by atoms with Crippen molar-refractivity contribution in [1.29, 1.82) is 0 Å². The van der Waals surface area contributed by atoms with E-state index in [4.69, 9.17) is 32.7 Å². The molecule has 9 heteroatoms. The van der Waals surface area contributed by atoms with Gasteiger partial charge < -0.3 is 24.4 Å². The summed E-state index contributed by atoms with van der Waals surface area (Å²) in [6, 6.07) is 6.97. The zero-order valence-corrected chi connectivity index (χ0v) is 24.9. The van der Waals surface area contributed by atoms with Crippen molar-refractivity contribution in [3.8, 4) is 17.2 Å². The Balaban J connectivity index is 1.43. The van der Waals surface area contributed by atoms with Crippen molar-refractivity contribution in [2.45, 2.75) is 76.5 Å². The van der Waals surface area contributed by atoms with Gasteiger partial charge in [-0.3, -0.25) is 9.59 Å². The third-order valence-electron chi connectivity index (χ3n) is 9.53. The summed E-state index contributed by atoms with van der Waals surface area (Å²) in [5.74, 6) is 1.11. The van der Waals surface area contributed by atoms with Crippen LogP contribution in [0.1, 0.15) is 56.7 Å². The lowest BCUT2D eigenvalue weighted by molar-refractivity contribution is -0.142. The van der Waals surface area contributed by atoms with Gasteiger partial charge in [-0.05, 0) is 68.8 Å². The molecule has 214 valence electrons. The number of aromatic hydroxyl groups is 1. The van der Waals surface area contributed by atoms with Crippen LogP contribution < -0.4 is 9.47 Å². The number of carbonyl (C=O) groups excluding carboxylic acids is 2. The minimum Gasteiger partial charge on any atom is -0.508 e. The van der Waals surface area contributed by atoms with Crippen molar-refractivity contribution >= 4 is 35.1 Å². The second kappa shape index (κ2) is 10.1. The summed E-state index contributed by atoms with van der Waals surface area (Å²) in [7, 11) is 2.16. The number of hydrogen-bond donors (Lipinski definition) is 1. The second-order valence-corrected chi connectivity index (χ2v) is 13.2. The Hall–Kier alpha value is -2.48. The fourth-order valence-electron chi connectivity index (χ4n) is 8.05. The molecule has 4 aliphatic rings. The van der Waals surface area contributed by atoms with E-state index in [1.807, 2.05) is 11.0 Å². The maximum absolute atomic E-state index is 14.0. The van der Waals surface area contributed by atoms with Gasteiger partial charge in [0, 0.05) is 42.1 Å². The number of halogens is 2. The topological polar surface area (TPSA) is 79.3 Å². The molecule has 40 heavy (non-hydrogen) atoms. The van der Waals surface area contributed by atoms with E-state index in [1.54, 1.807) is 12.1 Å². The highest BCUT2D eigenvalue weighted by atomic mass is 35.5. The zero-order valence-electron chi connectivity index (χ0n) is 23.4. The lowest BCUT2D eigenvalue weighted by Gasteiger charge is -2.60. The van der Waals surface area contributed by atoms with Gasteiger partial charge in [-0.15, -0.1) is 0 Å². The van der Waals surface area contributed by atoms with Gasteiger partial charge in [0.1, 0.15) is 11.9 Å². The first-order chi connectivity index (χ1) is 19.0. The molecular formula is C31H36Cl2N2O5. The first-order valence-electron chi connectivity index (χ1n) is 14.2. The Morgan fingerprint density at radius 2 is 2.00 bits per heavy atom. The van der Waals surface area contributed by atoms with Crippen LogP contribution in [-0.2, 0) is 27.8 Å². The number of hydrogen-bond acceptors (Lipinski definition) is 6. The molecule has 1 amide bonds. The number of piperidine rings is 1. The molecule has 2 fully saturated rings. The van der Waals surface area contributed by atoms with Gasteiger partial charge in [-0.2, -0.15) is 0 Å². The summed E-state index contributed by atoms with van der Waals surface area (Å²) < 4.78 is 12.5. The van der Waals surface area contributed by atoms with Gasteiger partial charge in [0.05, 0.1) is 22.5 Å². The minimum atomic E-state index is -0.463. The van der Waals surface area contributed by atoms with Crippen molar-refractivity contribution in [1.82, 2.24) is 9.80 Å². The zero-order chi connectivity index (χ0) is 28.5. The van der Waals surface area contributed by atoms with E-state index in [9.17, 15) is 14.7 Å². The summed E-state index contributed by atoms with van der Waals surface area (Å²) >= 11 is 12.4. The van der Waals surface area contributed by atoms with E-state index in [1.165, 1.54) is 13.0 Å². The summed E-state index contributed by atoms with van der Waals surface area (Å²) in [5.41, 5.74) is 2.33. The van der Waals surface area contributed by atoms with Crippen molar-refractivity contribution in [3.05, 3.63) is 51.0 Å². The molecule has 2 aliphatic carbocycles. The molecule has 0 unspecified atom stereocenters. The van der Waals surface area contributed by atoms with Gasteiger partial charge in [-0.25, -0.2) is 0 Å². The monoisotopic (exact) mass is 586 g/mol. The third kappa shape index (κ3) is 4.27. The van der Waals surface area contributed by atoms with Crippen LogP contribution in [0, 0.1) is 11.8 Å². The molecule has 1 spiro atoms. The molecule has 0 radical (unpaired) electrons. The van der Waals surface area contributed by atoms with Crippen LogP contribution in [0.2, 0.25) is 10.0 Å². The maximum atomic E-state index is 14.0. The van der Waals surface area contributed by atoms with Gasteiger partial charge in [0.15, 0.2) is 11.5 Å². The summed E-state index contributed by atoms with van der Waals surface area (Å²) in [4.78, 5) is 30.5. The Morgan fingerprint density at radius 1 is 1.23 bits per heavy atom. The van der Waals surface area contributed by atoms with Gasteiger partial charge in [0.25, 0.3) is 0 Å². The van der Waals surface area contributed by atoms with Crippen LogP contribution in [0.25, 0.3) is 0 Å². The number of phenols is 1. The van der Waals surface area contributed by atoms with E-state index in [0.717, 1.165) is 48.9 Å². The van der Waals surface area contributed by atoms with Crippen LogP contribution in [0.5, 0.6) is 17.2 Å². The number of nitrogens with zero attached hydrogens (tertiary/aromatic N) is 2. The van der Waals surface area contributed by atoms with E-state index >= 15 is 0 Å². The van der Waals surface area contributed by atoms with Gasteiger partial charge in [-0.1, -0.05) is 43.1 Å². The number of benzene rings is 2. The molecule has 5 atom stereocenters. The molecule has 1 saturated carbocycles. The third-order valence-corrected chi connectivity index (χ3v) is 10.3. The molecule has 2 aromatic carbocycles. The fourth-order valence-corrected chi connectivity index (χ4v) is 8.37. The highest BCUT2D eigenvalue weighted by Gasteiger charge is 2.67. The molecule has 1 saturated heterocycles. The van der Waals surface area contributed by atoms with E-state index < -0.39 is 5.97 Å². The molecule has 2 aromatic rings. The first kappa shape index (κ1) is 27.7. The molecule has 7 nitrogen and oxygen atoms in total. The van der Waals surface area contributed by atoms with Crippen LogP contribution in [0.3, 0.4) is 0 Å². The lowest BCUT2D eigenvalue weighted by Crippen LogP contribution is -2.69. The largest absolute Gasteiger partial charge is 0.508 e. The Kier molecular flexibility index (Phi) is 6.99. The molecule has 6 rings (SSSR count). The van der Waals surface area contributed by atoms with E-state index in [2.05, 4.69) is 25.8 Å². The highest BCUT2D eigenvalue weighted by molar-refractivity contribution is 6.42. The number of likely N-dealkylation sites (tertiary alicyclic amines) is 1. The Labute approximate surface area is 245 Å². The Morgan fingerprint density at radius 3 is 2.70 bits per heavy atom. The normalized spacial score (nSPS) is 28.2. The smallest absolute Gasteiger partial charge is 0.308 e. The predicted octanol–water partition coefficient (Wildman–Crippen LogP) is 5.39. The molecular weight excluding hydrogens is 551 g/mol. The number of carbonyl (C=O) groups is 2. The number of phenolic OH excluding ortho intramolecular Hbond substituents is 1. The number of amides is 1. The average molecular weight is 588 g/mol. The summed E-state index contributed by atoms with van der Waals surface area (Å²) in [6.45, 7) is 7.09. The standard InChI is InChI=1S/C31H36Cl2N2O5/c1-16(2)15-35(27(38)12-18-5-7-21(32)22(33)11-18)23-8-6-20-24-13-19-25(37)14-26(39-17(3)36)29-28(19)31(20,30(23)40-29)9-10-34(24)4/h5,7,11,14,16,20,23-24,30,37H,6,8-10,12-13,15H2,1-4H3/t20-,23-,24+,30-,31-/m0/s1. The molecule has 2 heterocycles. The molecule has 2 bridgehead atoms. The van der Waals surface area contributed by atoms with Gasteiger partial charge in [0.2, 0.25) is 5.91 Å². The van der Waals surface area contributed by atoms with Crippen molar-refractivity contribution in [2.75, 3.05) is 20.1 Å². The van der Waals surface area contributed by atoms with Gasteiger partial charge >= 0.3 is 5.97 Å². The highest BCUT2D eigenvalue weighted by Crippen LogP contribution is 2.65. The lowest BCUT2D eigenvalue weighted by atomic mass is 9.51. The van der Waals surface area contributed by atoms with E-state index in [-0.39, 0.29) is 53.3 Å². The van der Waals surface area contributed by atoms with E-state index in [0.29, 0.717) is 28.3 Å². The van der Waals surface area contributed by atoms with Crippen molar-refractivity contribution < 1.29 is 24.2 Å². The number of rotatable bonds is 6. The van der Waals surface area contributed by atoms with Crippen LogP contribution >= 0.6 is 23.2 Å². The van der Waals surface area contributed by atoms with Crippen LogP contribution in [0.4, 0.5) is 0 Å². The number of esters is 1. The maximum Gasteiger partial charge on any atom is 0.308 e. The predicted molar refractivity (Wildman–Crippen MR) is 153 cm³/mol. The minimum absolute atomic E-state index is 0.0232. The Bertz CT molecular complexity index is 1380. The quantitative estimate of drug-likeness (QED) is 0.361. The fraction of sp³-hybridized carbons (Fsp3) is 0.548. The van der Waals surface area contributed by atoms with Crippen molar-refractivity contribution in [2.24, 2.45) is 11.8 Å². The number of ether oxygens (including phenoxy) is 2. The SMILES string of the molecule is CC(=O)Oc1cc(O)c2c3c1O[C@H]1[C@@H](N(CC(C)C)C(=O)Cc4ccc(Cl)c(Cl)c4)CC[C@H]4[C@@H](C2)N(C)CC[C@@]341. The second-order valence-electron chi connectivity index (χ2n) is 12.4. The van der Waals surface area contributed by atoms with Crippen LogP contribution in [-0.4, -0.2) is 65.1 Å². The van der Waals surface area contributed by atoms with Crippen molar-refractivity contribution in [3.63, 3.8) is 0 Å². The summed E-state index contributed by atoms with van der Waals surface area (Å²) in [5, 5.41) is 12.1.